The first kappa shape index (κ1) is 9.09. The number of carboxylic acid groups (broad SMARTS) is 1. The second kappa shape index (κ2) is 3.99. The third-order valence-electron chi connectivity index (χ3n) is 0.648. The number of rotatable bonds is 0. The lowest BCUT2D eigenvalue weighted by Gasteiger charge is -2.07. The SMILES string of the molecule is COC(=O)SN(C)C(=O)O. The van der Waals surface area contributed by atoms with Crippen LogP contribution in [0.4, 0.5) is 9.59 Å². The van der Waals surface area contributed by atoms with Crippen molar-refractivity contribution in [2.75, 3.05) is 14.2 Å². The molecule has 0 radical (unpaired) electrons. The van der Waals surface area contributed by atoms with Crippen LogP contribution in [0, 0.1) is 0 Å². The molecule has 0 atom stereocenters. The van der Waals surface area contributed by atoms with Crippen molar-refractivity contribution in [2.24, 2.45) is 0 Å². The average Bonchev–Trinajstić information content (AvgIpc) is 1.87. The van der Waals surface area contributed by atoms with Crippen LogP contribution in [-0.2, 0) is 4.74 Å². The first-order chi connectivity index (χ1) is 4.57. The number of methoxy groups -OCH3 is 1. The van der Waals surface area contributed by atoms with E-state index in [9.17, 15) is 9.59 Å². The zero-order valence-corrected chi connectivity index (χ0v) is 6.34. The number of ether oxygens (including phenoxy) is 1. The molecule has 0 unspecified atom stereocenters. The van der Waals surface area contributed by atoms with Crippen molar-refractivity contribution in [3.63, 3.8) is 0 Å². The van der Waals surface area contributed by atoms with Gasteiger partial charge in [0.2, 0.25) is 0 Å². The Kier molecular flexibility index (Phi) is 3.63. The van der Waals surface area contributed by atoms with E-state index in [1.54, 1.807) is 0 Å². The smallest absolute Gasteiger partial charge is 0.417 e. The normalized spacial score (nSPS) is 8.60. The van der Waals surface area contributed by atoms with Gasteiger partial charge in [0.1, 0.15) is 0 Å². The van der Waals surface area contributed by atoms with E-state index in [2.05, 4.69) is 4.74 Å². The Labute approximate surface area is 62.1 Å². The highest BCUT2D eigenvalue weighted by atomic mass is 32.2. The second-order valence-corrected chi connectivity index (χ2v) is 2.39. The summed E-state index contributed by atoms with van der Waals surface area (Å²) in [5.74, 6) is 0. The van der Waals surface area contributed by atoms with Crippen molar-refractivity contribution in [3.05, 3.63) is 0 Å². The van der Waals surface area contributed by atoms with Crippen LogP contribution in [0.15, 0.2) is 0 Å². The molecule has 58 valence electrons. The summed E-state index contributed by atoms with van der Waals surface area (Å²) >= 11 is 0.480. The van der Waals surface area contributed by atoms with Gasteiger partial charge < -0.3 is 9.84 Å². The molecule has 0 aromatic heterocycles. The lowest BCUT2D eigenvalue weighted by atomic mass is 11.1. The lowest BCUT2D eigenvalue weighted by molar-refractivity contribution is 0.178. The molecular weight excluding hydrogens is 158 g/mol. The van der Waals surface area contributed by atoms with Crippen LogP contribution < -0.4 is 0 Å². The zero-order chi connectivity index (χ0) is 8.15. The van der Waals surface area contributed by atoms with Gasteiger partial charge in [0, 0.05) is 7.05 Å². The van der Waals surface area contributed by atoms with Crippen molar-refractivity contribution in [1.29, 1.82) is 0 Å². The summed E-state index contributed by atoms with van der Waals surface area (Å²) in [6.07, 6.45) is -1.18. The van der Waals surface area contributed by atoms with E-state index >= 15 is 0 Å². The quantitative estimate of drug-likeness (QED) is 0.428. The maximum atomic E-state index is 10.4. The minimum atomic E-state index is -1.18. The molecule has 0 fully saturated rings. The van der Waals surface area contributed by atoms with E-state index in [-0.39, 0.29) is 0 Å². The van der Waals surface area contributed by atoms with E-state index in [1.165, 1.54) is 14.2 Å². The van der Waals surface area contributed by atoms with Gasteiger partial charge >= 0.3 is 11.4 Å². The second-order valence-electron chi connectivity index (χ2n) is 1.33. The Morgan fingerprint density at radius 2 is 2.10 bits per heavy atom. The molecular formula is C4H7NO4S. The Morgan fingerprint density at radius 1 is 1.60 bits per heavy atom. The molecule has 0 aliphatic rings. The topological polar surface area (TPSA) is 66.8 Å². The van der Waals surface area contributed by atoms with Crippen molar-refractivity contribution in [1.82, 2.24) is 4.31 Å². The molecule has 0 aromatic carbocycles. The van der Waals surface area contributed by atoms with Crippen LogP contribution in [0.25, 0.3) is 0 Å². The fourth-order valence-electron chi connectivity index (χ4n) is 0.188. The van der Waals surface area contributed by atoms with Gasteiger partial charge in [-0.05, 0) is 0 Å². The molecule has 0 heterocycles. The zero-order valence-electron chi connectivity index (χ0n) is 5.53. The first-order valence-electron chi connectivity index (χ1n) is 2.30. The highest BCUT2D eigenvalue weighted by molar-refractivity contribution is 8.11. The van der Waals surface area contributed by atoms with Crippen molar-refractivity contribution >= 4 is 23.3 Å². The molecule has 5 nitrogen and oxygen atoms in total. The largest absolute Gasteiger partial charge is 0.464 e. The van der Waals surface area contributed by atoms with Gasteiger partial charge in [0.25, 0.3) is 0 Å². The third-order valence-corrected chi connectivity index (χ3v) is 1.39. The van der Waals surface area contributed by atoms with E-state index in [4.69, 9.17) is 5.11 Å². The summed E-state index contributed by atoms with van der Waals surface area (Å²) in [6.45, 7) is 0. The number of nitrogens with zero attached hydrogens (tertiary/aromatic N) is 1. The van der Waals surface area contributed by atoms with Crippen LogP contribution in [0.1, 0.15) is 0 Å². The highest BCUT2D eigenvalue weighted by Gasteiger charge is 2.11. The predicted molar refractivity (Wildman–Crippen MR) is 35.8 cm³/mol. The Hall–Kier alpha value is -0.910. The van der Waals surface area contributed by atoms with Crippen LogP contribution in [-0.4, -0.2) is 35.0 Å². The van der Waals surface area contributed by atoms with Crippen molar-refractivity contribution in [3.8, 4) is 0 Å². The average molecular weight is 165 g/mol. The molecule has 0 saturated carbocycles. The van der Waals surface area contributed by atoms with Crippen LogP contribution in [0.5, 0.6) is 0 Å². The van der Waals surface area contributed by atoms with E-state index in [0.29, 0.717) is 11.9 Å². The number of amides is 1. The minimum absolute atomic E-state index is 0.480. The lowest BCUT2D eigenvalue weighted by Crippen LogP contribution is -2.18. The third kappa shape index (κ3) is 3.18. The minimum Gasteiger partial charge on any atom is -0.464 e. The van der Waals surface area contributed by atoms with E-state index in [0.717, 1.165) is 4.31 Å². The number of hydrogen-bond donors (Lipinski definition) is 1. The van der Waals surface area contributed by atoms with Crippen LogP contribution >= 0.6 is 11.9 Å². The maximum Gasteiger partial charge on any atom is 0.417 e. The van der Waals surface area contributed by atoms with Gasteiger partial charge in [0.05, 0.1) is 19.1 Å². The molecule has 0 bridgehead atoms. The molecule has 1 N–H and O–H groups in total. The number of hydrogen-bond acceptors (Lipinski definition) is 4. The summed E-state index contributed by atoms with van der Waals surface area (Å²) in [7, 11) is 2.44. The monoisotopic (exact) mass is 165 g/mol. The Bertz CT molecular complexity index is 148. The summed E-state index contributed by atoms with van der Waals surface area (Å²) in [6, 6.07) is 0. The predicted octanol–water partition coefficient (Wildman–Crippen LogP) is 1.01. The Balaban J connectivity index is 3.68. The molecule has 0 spiro atoms. The van der Waals surface area contributed by atoms with Gasteiger partial charge in [-0.3, -0.25) is 0 Å². The Morgan fingerprint density at radius 3 is 2.40 bits per heavy atom. The molecule has 1 amide bonds. The number of carbonyl (C=O) groups is 2. The van der Waals surface area contributed by atoms with E-state index < -0.39 is 11.4 Å². The summed E-state index contributed by atoms with van der Waals surface area (Å²) < 4.78 is 4.95. The fourth-order valence-corrected chi connectivity index (χ4v) is 0.564. The van der Waals surface area contributed by atoms with Gasteiger partial charge in [-0.25, -0.2) is 13.9 Å². The molecule has 0 aliphatic heterocycles. The summed E-state index contributed by atoms with van der Waals surface area (Å²) in [4.78, 5) is 20.4. The molecule has 0 aliphatic carbocycles. The van der Waals surface area contributed by atoms with Crippen LogP contribution in [0.3, 0.4) is 0 Å². The fraction of sp³-hybridized carbons (Fsp3) is 0.500. The van der Waals surface area contributed by atoms with Gasteiger partial charge in [-0.2, -0.15) is 0 Å². The van der Waals surface area contributed by atoms with Gasteiger partial charge in [-0.15, -0.1) is 0 Å². The molecule has 0 aromatic rings. The van der Waals surface area contributed by atoms with Gasteiger partial charge in [-0.1, -0.05) is 0 Å². The van der Waals surface area contributed by atoms with Crippen LogP contribution in [0.2, 0.25) is 0 Å². The summed E-state index contributed by atoms with van der Waals surface area (Å²) in [5, 5.41) is 7.58. The molecule has 0 saturated heterocycles. The van der Waals surface area contributed by atoms with Crippen molar-refractivity contribution in [2.45, 2.75) is 0 Å². The highest BCUT2D eigenvalue weighted by Crippen LogP contribution is 2.08. The summed E-state index contributed by atoms with van der Waals surface area (Å²) in [5.41, 5.74) is 0. The first-order valence-corrected chi connectivity index (χ1v) is 3.08. The molecule has 6 heteroatoms. The standard InChI is InChI=1S/C4H7NO4S/c1-5(3(6)7)10-4(8)9-2/h1-2H3,(H,6,7). The maximum absolute atomic E-state index is 10.4. The van der Waals surface area contributed by atoms with Gasteiger partial charge in [0.15, 0.2) is 0 Å². The van der Waals surface area contributed by atoms with E-state index in [1.807, 2.05) is 0 Å². The number of carbonyl (C=O) groups excluding carboxylic acids is 1. The molecule has 0 rings (SSSR count). The van der Waals surface area contributed by atoms with Crippen molar-refractivity contribution < 1.29 is 19.4 Å². The molecule has 10 heavy (non-hydrogen) atoms.